The molecule has 4 aromatic rings. The second kappa shape index (κ2) is 8.32. The summed E-state index contributed by atoms with van der Waals surface area (Å²) in [6.45, 7) is 3.43. The number of fused-ring (bicyclic) bond motifs is 1. The van der Waals surface area contributed by atoms with Crippen molar-refractivity contribution < 1.29 is 18.0 Å². The summed E-state index contributed by atoms with van der Waals surface area (Å²) in [7, 11) is 0. The zero-order valence-electron chi connectivity index (χ0n) is 18.0. The standard InChI is InChI=1S/C23H20F3N7O/c1-14-2-3-15(22(34)31-17-7-16(8-28-9-17)23(24,25)26)6-19(14)30-18-12-32(13-18)20-11-29-33-5-4-27-10-21(20)33/h2-11,18,30H,12-13H2,1H3,(H,31,34). The van der Waals surface area contributed by atoms with Crippen LogP contribution in [0.3, 0.4) is 0 Å². The van der Waals surface area contributed by atoms with Gasteiger partial charge in [-0.05, 0) is 30.7 Å². The topological polar surface area (TPSA) is 87.5 Å². The Hall–Kier alpha value is -4.15. The minimum Gasteiger partial charge on any atom is -0.379 e. The van der Waals surface area contributed by atoms with E-state index in [1.807, 2.05) is 13.1 Å². The molecule has 0 unspecified atom stereocenters. The maximum atomic E-state index is 12.9. The van der Waals surface area contributed by atoms with E-state index >= 15 is 0 Å². The molecule has 1 aliphatic rings. The van der Waals surface area contributed by atoms with Crippen molar-refractivity contribution in [3.63, 3.8) is 0 Å². The first kappa shape index (κ1) is 21.7. The molecular formula is C23H20F3N7O. The third-order valence-electron chi connectivity index (χ3n) is 5.71. The molecule has 0 radical (unpaired) electrons. The van der Waals surface area contributed by atoms with Gasteiger partial charge in [0.2, 0.25) is 0 Å². The molecule has 5 rings (SSSR count). The molecule has 0 atom stereocenters. The fraction of sp³-hybridized carbons (Fsp3) is 0.217. The SMILES string of the molecule is Cc1ccc(C(=O)Nc2cncc(C(F)(F)F)c2)cc1NC1CN(c2cnn3ccncc23)C1. The van der Waals surface area contributed by atoms with Crippen molar-refractivity contribution in [1.82, 2.24) is 19.6 Å². The number of benzene rings is 1. The predicted molar refractivity (Wildman–Crippen MR) is 121 cm³/mol. The predicted octanol–water partition coefficient (Wildman–Crippen LogP) is 4.00. The van der Waals surface area contributed by atoms with Gasteiger partial charge in [0.05, 0.1) is 41.6 Å². The summed E-state index contributed by atoms with van der Waals surface area (Å²) < 4.78 is 40.5. The van der Waals surface area contributed by atoms with Crippen LogP contribution in [0.15, 0.2) is 61.4 Å². The lowest BCUT2D eigenvalue weighted by Crippen LogP contribution is -2.55. The van der Waals surface area contributed by atoms with Gasteiger partial charge in [0.25, 0.3) is 5.91 Å². The first-order valence-corrected chi connectivity index (χ1v) is 10.5. The number of carbonyl (C=O) groups is 1. The molecule has 34 heavy (non-hydrogen) atoms. The first-order chi connectivity index (χ1) is 16.3. The van der Waals surface area contributed by atoms with Crippen LogP contribution >= 0.6 is 0 Å². The van der Waals surface area contributed by atoms with Gasteiger partial charge in [0.15, 0.2) is 0 Å². The average molecular weight is 467 g/mol. The Morgan fingerprint density at radius 2 is 1.91 bits per heavy atom. The van der Waals surface area contributed by atoms with E-state index in [0.717, 1.165) is 47.8 Å². The van der Waals surface area contributed by atoms with E-state index in [9.17, 15) is 18.0 Å². The molecule has 3 aromatic heterocycles. The number of nitrogens with zero attached hydrogens (tertiary/aromatic N) is 5. The van der Waals surface area contributed by atoms with Gasteiger partial charge in [0.1, 0.15) is 5.52 Å². The van der Waals surface area contributed by atoms with Crippen LogP contribution in [0.25, 0.3) is 5.52 Å². The van der Waals surface area contributed by atoms with Crippen molar-refractivity contribution in [2.75, 3.05) is 28.6 Å². The number of halogens is 3. The highest BCUT2D eigenvalue weighted by Gasteiger charge is 2.31. The fourth-order valence-corrected chi connectivity index (χ4v) is 3.84. The quantitative estimate of drug-likeness (QED) is 0.461. The number of aromatic nitrogens is 4. The van der Waals surface area contributed by atoms with Crippen molar-refractivity contribution in [2.45, 2.75) is 19.1 Å². The van der Waals surface area contributed by atoms with Crippen molar-refractivity contribution >= 4 is 28.5 Å². The number of hydrogen-bond donors (Lipinski definition) is 2. The average Bonchev–Trinajstić information content (AvgIpc) is 3.20. The number of aryl methyl sites for hydroxylation is 1. The van der Waals surface area contributed by atoms with Gasteiger partial charge in [-0.2, -0.15) is 18.3 Å². The Morgan fingerprint density at radius 1 is 1.09 bits per heavy atom. The second-order valence-corrected chi connectivity index (χ2v) is 8.13. The summed E-state index contributed by atoms with van der Waals surface area (Å²) >= 11 is 0. The Labute approximate surface area is 192 Å². The molecule has 1 aromatic carbocycles. The molecule has 1 aliphatic heterocycles. The molecule has 1 amide bonds. The molecule has 2 N–H and O–H groups in total. The summed E-state index contributed by atoms with van der Waals surface area (Å²) in [5.41, 5.74) is 3.07. The lowest BCUT2D eigenvalue weighted by molar-refractivity contribution is -0.137. The van der Waals surface area contributed by atoms with Gasteiger partial charge in [-0.3, -0.25) is 14.8 Å². The van der Waals surface area contributed by atoms with Crippen molar-refractivity contribution in [2.24, 2.45) is 0 Å². The molecule has 0 saturated carbocycles. The van der Waals surface area contributed by atoms with Crippen molar-refractivity contribution in [3.05, 3.63) is 78.1 Å². The number of amides is 1. The Bertz CT molecular complexity index is 1360. The van der Waals surface area contributed by atoms with Crippen LogP contribution in [0.1, 0.15) is 21.5 Å². The number of hydrogen-bond acceptors (Lipinski definition) is 6. The Kier molecular flexibility index (Phi) is 5.31. The molecule has 0 spiro atoms. The van der Waals surface area contributed by atoms with Crippen molar-refractivity contribution in [1.29, 1.82) is 0 Å². The van der Waals surface area contributed by atoms with Crippen LogP contribution in [-0.4, -0.2) is 44.6 Å². The largest absolute Gasteiger partial charge is 0.417 e. The summed E-state index contributed by atoms with van der Waals surface area (Å²) in [6, 6.07) is 6.16. The molecule has 0 aliphatic carbocycles. The highest BCUT2D eigenvalue weighted by molar-refractivity contribution is 6.04. The molecule has 4 heterocycles. The minimum atomic E-state index is -4.54. The van der Waals surface area contributed by atoms with Gasteiger partial charge < -0.3 is 15.5 Å². The van der Waals surface area contributed by atoms with E-state index in [0.29, 0.717) is 5.56 Å². The van der Waals surface area contributed by atoms with E-state index in [2.05, 4.69) is 30.6 Å². The van der Waals surface area contributed by atoms with Gasteiger partial charge in [-0.1, -0.05) is 6.07 Å². The van der Waals surface area contributed by atoms with Gasteiger partial charge in [-0.25, -0.2) is 4.52 Å². The number of alkyl halides is 3. The van der Waals surface area contributed by atoms with Gasteiger partial charge in [-0.15, -0.1) is 0 Å². The summed E-state index contributed by atoms with van der Waals surface area (Å²) in [5.74, 6) is -0.515. The number of rotatable bonds is 5. The van der Waals surface area contributed by atoms with Crippen molar-refractivity contribution in [3.8, 4) is 0 Å². The normalized spacial score (nSPS) is 14.2. The van der Waals surface area contributed by atoms with Crippen LogP contribution in [0, 0.1) is 6.92 Å². The molecule has 0 bridgehead atoms. The Morgan fingerprint density at radius 3 is 2.71 bits per heavy atom. The maximum Gasteiger partial charge on any atom is 0.417 e. The summed E-state index contributed by atoms with van der Waals surface area (Å²) in [5, 5.41) is 10.3. The minimum absolute atomic E-state index is 0.0209. The van der Waals surface area contributed by atoms with Gasteiger partial charge >= 0.3 is 6.18 Å². The lowest BCUT2D eigenvalue weighted by atomic mass is 10.0. The third-order valence-corrected chi connectivity index (χ3v) is 5.71. The van der Waals surface area contributed by atoms with E-state index in [1.165, 1.54) is 6.20 Å². The number of pyridine rings is 1. The molecule has 8 nitrogen and oxygen atoms in total. The fourth-order valence-electron chi connectivity index (χ4n) is 3.84. The van der Waals surface area contributed by atoms with Crippen LogP contribution in [0.2, 0.25) is 0 Å². The smallest absolute Gasteiger partial charge is 0.379 e. The number of nitrogens with one attached hydrogen (secondary N) is 2. The van der Waals surface area contributed by atoms with Crippen LogP contribution in [-0.2, 0) is 6.18 Å². The number of anilines is 3. The highest BCUT2D eigenvalue weighted by atomic mass is 19.4. The molecule has 11 heteroatoms. The molecule has 1 fully saturated rings. The first-order valence-electron chi connectivity index (χ1n) is 10.5. The van der Waals surface area contributed by atoms with E-state index in [-0.39, 0.29) is 11.7 Å². The third kappa shape index (κ3) is 4.24. The summed E-state index contributed by atoms with van der Waals surface area (Å²) in [6.07, 6.45) is 4.42. The monoisotopic (exact) mass is 467 g/mol. The molecule has 1 saturated heterocycles. The van der Waals surface area contributed by atoms with Crippen LogP contribution in [0.5, 0.6) is 0 Å². The van der Waals surface area contributed by atoms with Crippen LogP contribution in [0.4, 0.5) is 30.2 Å². The zero-order valence-corrected chi connectivity index (χ0v) is 18.0. The van der Waals surface area contributed by atoms with Crippen LogP contribution < -0.4 is 15.5 Å². The van der Waals surface area contributed by atoms with Gasteiger partial charge in [0, 0.05) is 42.9 Å². The van der Waals surface area contributed by atoms with E-state index in [1.54, 1.807) is 41.3 Å². The summed E-state index contributed by atoms with van der Waals surface area (Å²) in [4.78, 5) is 22.6. The van der Waals surface area contributed by atoms with E-state index in [4.69, 9.17) is 0 Å². The second-order valence-electron chi connectivity index (χ2n) is 8.13. The molecule has 174 valence electrons. The molecular weight excluding hydrogens is 447 g/mol. The maximum absolute atomic E-state index is 12.9. The number of carbonyl (C=O) groups excluding carboxylic acids is 1. The zero-order chi connectivity index (χ0) is 23.9. The Balaban J connectivity index is 1.25. The lowest BCUT2D eigenvalue weighted by Gasteiger charge is -2.41. The highest BCUT2D eigenvalue weighted by Crippen LogP contribution is 2.30. The van der Waals surface area contributed by atoms with E-state index < -0.39 is 17.6 Å².